The first-order chi connectivity index (χ1) is 11.5. The molecule has 1 amide bonds. The third-order valence-electron chi connectivity index (χ3n) is 4.80. The summed E-state index contributed by atoms with van der Waals surface area (Å²) >= 11 is 0. The molecule has 1 saturated heterocycles. The zero-order valence-electron chi connectivity index (χ0n) is 14.7. The summed E-state index contributed by atoms with van der Waals surface area (Å²) in [6, 6.07) is 0.254. The van der Waals surface area contributed by atoms with Crippen molar-refractivity contribution in [1.29, 1.82) is 0 Å². The van der Waals surface area contributed by atoms with E-state index in [1.807, 2.05) is 19.6 Å². The minimum Gasteiger partial charge on any atom is -0.436 e. The van der Waals surface area contributed by atoms with Gasteiger partial charge in [-0.15, -0.1) is 0 Å². The van der Waals surface area contributed by atoms with Crippen molar-refractivity contribution < 1.29 is 9.21 Å². The van der Waals surface area contributed by atoms with Crippen LogP contribution in [0.5, 0.6) is 0 Å². The first kappa shape index (κ1) is 16.7. The van der Waals surface area contributed by atoms with Gasteiger partial charge in [0.15, 0.2) is 5.89 Å². The van der Waals surface area contributed by atoms with Crippen LogP contribution in [0.15, 0.2) is 16.9 Å². The first-order valence-corrected chi connectivity index (χ1v) is 8.36. The van der Waals surface area contributed by atoms with Crippen LogP contribution in [0.2, 0.25) is 0 Å². The van der Waals surface area contributed by atoms with Crippen molar-refractivity contribution in [1.82, 2.24) is 24.8 Å². The molecule has 1 aliphatic heterocycles. The van der Waals surface area contributed by atoms with Crippen molar-refractivity contribution in [2.45, 2.75) is 32.7 Å². The molecule has 2 atom stereocenters. The number of carbonyl (C=O) groups excluding carboxylic acids is 1. The molecule has 130 valence electrons. The Morgan fingerprint density at radius 2 is 2.21 bits per heavy atom. The summed E-state index contributed by atoms with van der Waals surface area (Å²) in [5.41, 5.74) is 1.82. The number of hydrogen-bond acceptors (Lipinski definition) is 5. The number of oxazole rings is 1. The Balaban J connectivity index is 1.71. The Hall–Kier alpha value is -2.15. The standard InChI is InChI=1S/C17H25N5O2/c1-11-16(24-12(2)20-11)17(23)19-8-13-6-5-7-21(3)15(13)14-9-18-10-22(14)4/h9-10,13,15H,5-8H2,1-4H3,(H,19,23)/t13-,15+/m0/s1. The molecule has 0 bridgehead atoms. The maximum Gasteiger partial charge on any atom is 0.289 e. The molecule has 3 heterocycles. The second-order valence-electron chi connectivity index (χ2n) is 6.61. The zero-order chi connectivity index (χ0) is 17.3. The van der Waals surface area contributed by atoms with Crippen LogP contribution in [-0.2, 0) is 7.05 Å². The maximum atomic E-state index is 12.4. The van der Waals surface area contributed by atoms with Gasteiger partial charge in [0.25, 0.3) is 5.91 Å². The topological polar surface area (TPSA) is 76.2 Å². The molecule has 3 rings (SSSR count). The lowest BCUT2D eigenvalue weighted by Gasteiger charge is -2.39. The second kappa shape index (κ2) is 6.76. The lowest BCUT2D eigenvalue weighted by Crippen LogP contribution is -2.42. The van der Waals surface area contributed by atoms with Gasteiger partial charge in [-0.1, -0.05) is 0 Å². The van der Waals surface area contributed by atoms with Crippen molar-refractivity contribution in [2.24, 2.45) is 13.0 Å². The SMILES string of the molecule is Cc1nc(C)c(C(=O)NC[C@@H]2CCCN(C)[C@H]2c2cncn2C)o1. The van der Waals surface area contributed by atoms with Crippen molar-refractivity contribution in [3.05, 3.63) is 35.6 Å². The molecule has 2 aromatic heterocycles. The monoisotopic (exact) mass is 331 g/mol. The minimum absolute atomic E-state index is 0.190. The van der Waals surface area contributed by atoms with Gasteiger partial charge in [-0.2, -0.15) is 0 Å². The van der Waals surface area contributed by atoms with Gasteiger partial charge in [0.1, 0.15) is 0 Å². The molecule has 0 saturated carbocycles. The summed E-state index contributed by atoms with van der Waals surface area (Å²) in [5, 5.41) is 3.03. The van der Waals surface area contributed by atoms with Gasteiger partial charge in [0.2, 0.25) is 5.76 Å². The number of likely N-dealkylation sites (tertiary alicyclic amines) is 1. The zero-order valence-corrected chi connectivity index (χ0v) is 14.7. The van der Waals surface area contributed by atoms with Gasteiger partial charge in [-0.25, -0.2) is 9.97 Å². The van der Waals surface area contributed by atoms with Crippen LogP contribution in [0.3, 0.4) is 0 Å². The van der Waals surface area contributed by atoms with E-state index in [0.29, 0.717) is 29.8 Å². The van der Waals surface area contributed by atoms with E-state index in [1.54, 1.807) is 13.8 Å². The number of imidazole rings is 1. The van der Waals surface area contributed by atoms with E-state index in [-0.39, 0.29) is 11.9 Å². The normalized spacial score (nSPS) is 21.8. The minimum atomic E-state index is -0.190. The van der Waals surface area contributed by atoms with Gasteiger partial charge >= 0.3 is 0 Å². The van der Waals surface area contributed by atoms with Gasteiger partial charge in [0.05, 0.1) is 23.8 Å². The summed E-state index contributed by atoms with van der Waals surface area (Å²) in [5.74, 6) is 0.981. The predicted octanol–water partition coefficient (Wildman–Crippen LogP) is 1.84. The molecule has 1 fully saturated rings. The van der Waals surface area contributed by atoms with Crippen LogP contribution in [-0.4, -0.2) is 45.5 Å². The predicted molar refractivity (Wildman–Crippen MR) is 89.6 cm³/mol. The molecule has 0 aromatic carbocycles. The number of amides is 1. The van der Waals surface area contributed by atoms with E-state index in [0.717, 1.165) is 19.4 Å². The molecule has 1 aliphatic rings. The lowest BCUT2D eigenvalue weighted by molar-refractivity contribution is 0.0856. The number of hydrogen-bond donors (Lipinski definition) is 1. The highest BCUT2D eigenvalue weighted by molar-refractivity contribution is 5.92. The summed E-state index contributed by atoms with van der Waals surface area (Å²) in [6.07, 6.45) is 5.96. The average Bonchev–Trinajstić information content (AvgIpc) is 3.10. The maximum absolute atomic E-state index is 12.4. The van der Waals surface area contributed by atoms with Gasteiger partial charge in [-0.3, -0.25) is 9.69 Å². The van der Waals surface area contributed by atoms with Crippen molar-refractivity contribution >= 4 is 5.91 Å². The summed E-state index contributed by atoms with van der Waals surface area (Å²) in [4.78, 5) is 23.1. The van der Waals surface area contributed by atoms with Crippen LogP contribution in [0, 0.1) is 19.8 Å². The molecule has 0 unspecified atom stereocenters. The molecule has 2 aromatic rings. The molecular weight excluding hydrogens is 306 g/mol. The number of carbonyl (C=O) groups is 1. The number of aryl methyl sites for hydroxylation is 3. The van der Waals surface area contributed by atoms with E-state index in [1.165, 1.54) is 5.69 Å². The largest absolute Gasteiger partial charge is 0.436 e. The van der Waals surface area contributed by atoms with Gasteiger partial charge in [-0.05, 0) is 39.3 Å². The smallest absolute Gasteiger partial charge is 0.289 e. The molecule has 1 N–H and O–H groups in total. The van der Waals surface area contributed by atoms with E-state index < -0.39 is 0 Å². The number of piperidine rings is 1. The molecular formula is C17H25N5O2. The molecule has 0 aliphatic carbocycles. The highest BCUT2D eigenvalue weighted by atomic mass is 16.4. The number of nitrogens with one attached hydrogen (secondary N) is 1. The van der Waals surface area contributed by atoms with Crippen molar-refractivity contribution in [3.63, 3.8) is 0 Å². The van der Waals surface area contributed by atoms with Crippen molar-refractivity contribution in [2.75, 3.05) is 20.1 Å². The van der Waals surface area contributed by atoms with E-state index >= 15 is 0 Å². The molecule has 7 nitrogen and oxygen atoms in total. The van der Waals surface area contributed by atoms with E-state index in [4.69, 9.17) is 4.42 Å². The summed E-state index contributed by atoms with van der Waals surface area (Å²) in [7, 11) is 4.15. The Morgan fingerprint density at radius 1 is 1.42 bits per heavy atom. The Kier molecular flexibility index (Phi) is 4.71. The van der Waals surface area contributed by atoms with Gasteiger partial charge < -0.3 is 14.3 Å². The van der Waals surface area contributed by atoms with Crippen LogP contribution in [0.4, 0.5) is 0 Å². The summed E-state index contributed by atoms with van der Waals surface area (Å²) in [6.45, 7) is 5.20. The fourth-order valence-electron chi connectivity index (χ4n) is 3.64. The van der Waals surface area contributed by atoms with Crippen LogP contribution >= 0.6 is 0 Å². The third kappa shape index (κ3) is 3.21. The Labute approximate surface area is 142 Å². The number of nitrogens with zero attached hydrogens (tertiary/aromatic N) is 4. The van der Waals surface area contributed by atoms with Crippen LogP contribution in [0.1, 0.15) is 46.7 Å². The third-order valence-corrected chi connectivity index (χ3v) is 4.80. The quantitative estimate of drug-likeness (QED) is 0.925. The molecule has 0 spiro atoms. The lowest BCUT2D eigenvalue weighted by atomic mass is 9.87. The van der Waals surface area contributed by atoms with E-state index in [2.05, 4.69) is 31.8 Å². The number of aromatic nitrogens is 3. The molecule has 0 radical (unpaired) electrons. The first-order valence-electron chi connectivity index (χ1n) is 8.36. The molecule has 24 heavy (non-hydrogen) atoms. The van der Waals surface area contributed by atoms with Crippen LogP contribution in [0.25, 0.3) is 0 Å². The summed E-state index contributed by atoms with van der Waals surface area (Å²) < 4.78 is 7.47. The van der Waals surface area contributed by atoms with Gasteiger partial charge in [0, 0.05) is 26.7 Å². The number of rotatable bonds is 4. The van der Waals surface area contributed by atoms with Crippen molar-refractivity contribution in [3.8, 4) is 0 Å². The Bertz CT molecular complexity index is 720. The average molecular weight is 331 g/mol. The molecule has 7 heteroatoms. The van der Waals surface area contributed by atoms with E-state index in [9.17, 15) is 4.79 Å². The highest BCUT2D eigenvalue weighted by Gasteiger charge is 2.32. The fraction of sp³-hybridized carbons (Fsp3) is 0.588. The fourth-order valence-corrected chi connectivity index (χ4v) is 3.64. The van der Waals surface area contributed by atoms with Crippen LogP contribution < -0.4 is 5.32 Å². The highest BCUT2D eigenvalue weighted by Crippen LogP contribution is 2.34. The Morgan fingerprint density at radius 3 is 2.83 bits per heavy atom. The second-order valence-corrected chi connectivity index (χ2v) is 6.61.